The van der Waals surface area contributed by atoms with Gasteiger partial charge in [0.2, 0.25) is 5.91 Å². The van der Waals surface area contributed by atoms with Gasteiger partial charge >= 0.3 is 0 Å². The number of imide groups is 1. The molecule has 1 saturated heterocycles. The Bertz CT molecular complexity index is 444. The Labute approximate surface area is 106 Å². The molecule has 1 aliphatic rings. The lowest BCUT2D eigenvalue weighted by atomic mass is 10.1. The normalized spacial score (nSPS) is 20.0. The van der Waals surface area contributed by atoms with E-state index in [2.05, 4.69) is 5.32 Å². The molecule has 84 valence electrons. The van der Waals surface area contributed by atoms with Crippen LogP contribution in [0.2, 0.25) is 10.0 Å². The van der Waals surface area contributed by atoms with E-state index in [1.54, 1.807) is 18.2 Å². The summed E-state index contributed by atoms with van der Waals surface area (Å²) in [5.74, 6) is -0.286. The third kappa shape index (κ3) is 2.34. The topological polar surface area (TPSA) is 46.2 Å². The molecular formula is C10H7Cl2NO2S. The molecule has 0 radical (unpaired) electrons. The SMILES string of the molecule is O=C1NC(=O)C(Cc2c(Cl)cccc2Cl)S1. The highest BCUT2D eigenvalue weighted by molar-refractivity contribution is 8.15. The maximum Gasteiger partial charge on any atom is 0.286 e. The molecule has 1 unspecified atom stereocenters. The second kappa shape index (κ2) is 4.65. The molecule has 1 aliphatic heterocycles. The van der Waals surface area contributed by atoms with Gasteiger partial charge < -0.3 is 0 Å². The average molecular weight is 276 g/mol. The van der Waals surface area contributed by atoms with Crippen LogP contribution in [0.15, 0.2) is 18.2 Å². The van der Waals surface area contributed by atoms with Crippen molar-refractivity contribution < 1.29 is 9.59 Å². The molecule has 0 aliphatic carbocycles. The molecule has 1 heterocycles. The molecule has 1 fully saturated rings. The Hall–Kier alpha value is -0.710. The van der Waals surface area contributed by atoms with Crippen LogP contribution in [0.25, 0.3) is 0 Å². The van der Waals surface area contributed by atoms with E-state index in [-0.39, 0.29) is 11.1 Å². The fraction of sp³-hybridized carbons (Fsp3) is 0.200. The summed E-state index contributed by atoms with van der Waals surface area (Å²) in [6.45, 7) is 0. The van der Waals surface area contributed by atoms with Gasteiger partial charge in [-0.2, -0.15) is 0 Å². The van der Waals surface area contributed by atoms with E-state index in [1.165, 1.54) is 0 Å². The highest BCUT2D eigenvalue weighted by atomic mass is 35.5. The molecule has 1 N–H and O–H groups in total. The summed E-state index contributed by atoms with van der Waals surface area (Å²) in [5, 5.41) is 2.49. The molecule has 6 heteroatoms. The Morgan fingerprint density at radius 1 is 1.25 bits per heavy atom. The minimum absolute atomic E-state index is 0.286. The van der Waals surface area contributed by atoms with E-state index in [4.69, 9.17) is 23.2 Å². The molecular weight excluding hydrogens is 269 g/mol. The molecule has 2 rings (SSSR count). The number of carbonyl (C=O) groups is 2. The number of hydrogen-bond donors (Lipinski definition) is 1. The minimum atomic E-state index is -0.440. The van der Waals surface area contributed by atoms with Crippen LogP contribution >= 0.6 is 35.0 Å². The third-order valence-electron chi connectivity index (χ3n) is 2.22. The number of halogens is 2. The lowest BCUT2D eigenvalue weighted by molar-refractivity contribution is -0.118. The van der Waals surface area contributed by atoms with E-state index < -0.39 is 5.25 Å². The summed E-state index contributed by atoms with van der Waals surface area (Å²) in [4.78, 5) is 22.4. The predicted octanol–water partition coefficient (Wildman–Crippen LogP) is 2.89. The highest BCUT2D eigenvalue weighted by Crippen LogP contribution is 2.30. The Kier molecular flexibility index (Phi) is 3.42. The number of nitrogens with one attached hydrogen (secondary N) is 1. The summed E-state index contributed by atoms with van der Waals surface area (Å²) < 4.78 is 0. The molecule has 1 atom stereocenters. The van der Waals surface area contributed by atoms with Gasteiger partial charge in [0.05, 0.1) is 5.25 Å². The van der Waals surface area contributed by atoms with Crippen LogP contribution in [-0.4, -0.2) is 16.4 Å². The number of benzene rings is 1. The van der Waals surface area contributed by atoms with Crippen LogP contribution in [-0.2, 0) is 11.2 Å². The first-order valence-corrected chi connectivity index (χ1v) is 6.16. The molecule has 0 aromatic heterocycles. The first kappa shape index (κ1) is 11.8. The quantitative estimate of drug-likeness (QED) is 0.903. The van der Waals surface area contributed by atoms with Crippen LogP contribution in [0, 0.1) is 0 Å². The fourth-order valence-corrected chi connectivity index (χ4v) is 2.83. The standard InChI is InChI=1S/C10H7Cl2NO2S/c11-6-2-1-3-7(12)5(6)4-8-9(14)13-10(15)16-8/h1-3,8H,4H2,(H,13,14,15). The van der Waals surface area contributed by atoms with Gasteiger partial charge in [-0.05, 0) is 24.1 Å². The fourth-order valence-electron chi connectivity index (χ4n) is 1.44. The number of hydrogen-bond acceptors (Lipinski definition) is 3. The zero-order valence-corrected chi connectivity index (χ0v) is 10.3. The predicted molar refractivity (Wildman–Crippen MR) is 65.1 cm³/mol. The van der Waals surface area contributed by atoms with E-state index in [9.17, 15) is 9.59 Å². The number of carbonyl (C=O) groups excluding carboxylic acids is 2. The summed E-state index contributed by atoms with van der Waals surface area (Å²) in [6, 6.07) is 5.16. The Balaban J connectivity index is 2.21. The van der Waals surface area contributed by atoms with Gasteiger partial charge in [-0.3, -0.25) is 14.9 Å². The third-order valence-corrected chi connectivity index (χ3v) is 3.91. The van der Waals surface area contributed by atoms with E-state index in [1.807, 2.05) is 0 Å². The van der Waals surface area contributed by atoms with Gasteiger partial charge in [0, 0.05) is 10.0 Å². The van der Waals surface area contributed by atoms with Crippen molar-refractivity contribution >= 4 is 46.1 Å². The second-order valence-electron chi connectivity index (χ2n) is 3.29. The molecule has 0 saturated carbocycles. The van der Waals surface area contributed by atoms with Crippen molar-refractivity contribution in [3.05, 3.63) is 33.8 Å². The van der Waals surface area contributed by atoms with Gasteiger partial charge in [-0.15, -0.1) is 0 Å². The molecule has 16 heavy (non-hydrogen) atoms. The zero-order chi connectivity index (χ0) is 11.7. The first-order chi connectivity index (χ1) is 7.58. The van der Waals surface area contributed by atoms with Crippen molar-refractivity contribution in [3.8, 4) is 0 Å². The summed E-state index contributed by atoms with van der Waals surface area (Å²) >= 11 is 12.9. The number of amides is 2. The van der Waals surface area contributed by atoms with Crippen molar-refractivity contribution in [1.82, 2.24) is 5.32 Å². The van der Waals surface area contributed by atoms with Crippen molar-refractivity contribution in [2.24, 2.45) is 0 Å². The zero-order valence-electron chi connectivity index (χ0n) is 8.00. The minimum Gasteiger partial charge on any atom is -0.286 e. The summed E-state index contributed by atoms with van der Waals surface area (Å²) in [6.07, 6.45) is 0.362. The lowest BCUT2D eigenvalue weighted by Crippen LogP contribution is -2.25. The maximum atomic E-state index is 11.4. The maximum absolute atomic E-state index is 11.4. The molecule has 2 amide bonds. The lowest BCUT2D eigenvalue weighted by Gasteiger charge is -2.08. The van der Waals surface area contributed by atoms with Crippen molar-refractivity contribution in [3.63, 3.8) is 0 Å². The van der Waals surface area contributed by atoms with Gasteiger partial charge in [-0.25, -0.2) is 0 Å². The Morgan fingerprint density at radius 3 is 2.38 bits per heavy atom. The molecule has 0 bridgehead atoms. The van der Waals surface area contributed by atoms with Crippen LogP contribution in [0.1, 0.15) is 5.56 Å². The van der Waals surface area contributed by atoms with Crippen LogP contribution in [0.3, 0.4) is 0 Å². The number of rotatable bonds is 2. The molecule has 0 spiro atoms. The van der Waals surface area contributed by atoms with Crippen molar-refractivity contribution in [2.75, 3.05) is 0 Å². The van der Waals surface area contributed by atoms with Gasteiger partial charge in [0.1, 0.15) is 0 Å². The van der Waals surface area contributed by atoms with Crippen LogP contribution < -0.4 is 5.32 Å². The van der Waals surface area contributed by atoms with E-state index >= 15 is 0 Å². The molecule has 3 nitrogen and oxygen atoms in total. The van der Waals surface area contributed by atoms with Gasteiger partial charge in [0.15, 0.2) is 0 Å². The molecule has 1 aromatic rings. The summed E-state index contributed by atoms with van der Waals surface area (Å²) in [5.41, 5.74) is 0.702. The van der Waals surface area contributed by atoms with Crippen molar-refractivity contribution in [2.45, 2.75) is 11.7 Å². The second-order valence-corrected chi connectivity index (χ2v) is 5.28. The van der Waals surface area contributed by atoms with Crippen molar-refractivity contribution in [1.29, 1.82) is 0 Å². The van der Waals surface area contributed by atoms with Gasteiger partial charge in [0.25, 0.3) is 5.24 Å². The monoisotopic (exact) mass is 275 g/mol. The van der Waals surface area contributed by atoms with Crippen LogP contribution in [0.5, 0.6) is 0 Å². The first-order valence-electron chi connectivity index (χ1n) is 4.52. The summed E-state index contributed by atoms with van der Waals surface area (Å²) in [7, 11) is 0. The highest BCUT2D eigenvalue weighted by Gasteiger charge is 2.32. The molecule has 1 aromatic carbocycles. The van der Waals surface area contributed by atoms with Gasteiger partial charge in [-0.1, -0.05) is 41.0 Å². The van der Waals surface area contributed by atoms with Crippen LogP contribution in [0.4, 0.5) is 4.79 Å². The Morgan fingerprint density at radius 2 is 1.88 bits per heavy atom. The van der Waals surface area contributed by atoms with E-state index in [0.717, 1.165) is 11.8 Å². The number of thioether (sulfide) groups is 1. The smallest absolute Gasteiger partial charge is 0.286 e. The van der Waals surface area contributed by atoms with E-state index in [0.29, 0.717) is 22.0 Å². The average Bonchev–Trinajstić information content (AvgIpc) is 2.51. The largest absolute Gasteiger partial charge is 0.286 e.